The third-order valence-corrected chi connectivity index (χ3v) is 5.16. The lowest BCUT2D eigenvalue weighted by Gasteiger charge is -2.32. The zero-order chi connectivity index (χ0) is 21.0. The Labute approximate surface area is 169 Å². The first kappa shape index (κ1) is 20.6. The summed E-state index contributed by atoms with van der Waals surface area (Å²) in [6.45, 7) is 4.53. The standard InChI is InChI=1S/C22H26N2O5/c1-14(2)22(28)24-11-9-15(10-12-24)21(27)23-18-7-8-19(29-13-20(25)26)17-6-4-3-5-16(17)18/h3-8,14-15H,9-13H2,1-2H3,(H,23,27)(H,25,26). The van der Waals surface area contributed by atoms with Gasteiger partial charge in [-0.25, -0.2) is 4.79 Å². The van der Waals surface area contributed by atoms with Gasteiger partial charge in [-0.15, -0.1) is 0 Å². The van der Waals surface area contributed by atoms with E-state index in [0.29, 0.717) is 37.4 Å². The van der Waals surface area contributed by atoms with E-state index in [1.54, 1.807) is 12.1 Å². The molecule has 0 atom stereocenters. The molecule has 0 aliphatic carbocycles. The minimum Gasteiger partial charge on any atom is -0.481 e. The highest BCUT2D eigenvalue weighted by Gasteiger charge is 2.28. The van der Waals surface area contributed by atoms with E-state index in [2.05, 4.69) is 5.32 Å². The first-order chi connectivity index (χ1) is 13.9. The van der Waals surface area contributed by atoms with E-state index in [4.69, 9.17) is 9.84 Å². The fourth-order valence-electron chi connectivity index (χ4n) is 3.61. The highest BCUT2D eigenvalue weighted by Crippen LogP contribution is 2.32. The summed E-state index contributed by atoms with van der Waals surface area (Å²) in [4.78, 5) is 37.5. The number of amides is 2. The molecule has 7 heteroatoms. The predicted molar refractivity (Wildman–Crippen MR) is 110 cm³/mol. The normalized spacial score (nSPS) is 14.8. The summed E-state index contributed by atoms with van der Waals surface area (Å²) in [5.41, 5.74) is 0.661. The summed E-state index contributed by atoms with van der Waals surface area (Å²) >= 11 is 0. The third kappa shape index (κ3) is 4.85. The molecule has 2 aromatic carbocycles. The molecule has 2 aromatic rings. The zero-order valence-corrected chi connectivity index (χ0v) is 16.7. The number of aliphatic carboxylic acids is 1. The number of nitrogens with one attached hydrogen (secondary N) is 1. The van der Waals surface area contributed by atoms with Crippen LogP contribution in [0.5, 0.6) is 5.75 Å². The van der Waals surface area contributed by atoms with Gasteiger partial charge in [0.15, 0.2) is 6.61 Å². The second-order valence-electron chi connectivity index (χ2n) is 7.58. The van der Waals surface area contributed by atoms with Gasteiger partial charge >= 0.3 is 5.97 Å². The Morgan fingerprint density at radius 3 is 2.38 bits per heavy atom. The Hall–Kier alpha value is -3.09. The van der Waals surface area contributed by atoms with E-state index in [9.17, 15) is 14.4 Å². The smallest absolute Gasteiger partial charge is 0.341 e. The van der Waals surface area contributed by atoms with Crippen LogP contribution in [0.4, 0.5) is 5.69 Å². The van der Waals surface area contributed by atoms with E-state index in [0.717, 1.165) is 10.8 Å². The average molecular weight is 398 g/mol. The number of ether oxygens (including phenoxy) is 1. The molecule has 1 heterocycles. The van der Waals surface area contributed by atoms with Gasteiger partial charge in [0.1, 0.15) is 5.75 Å². The first-order valence-electron chi connectivity index (χ1n) is 9.82. The number of rotatable bonds is 6. The maximum Gasteiger partial charge on any atom is 0.341 e. The van der Waals surface area contributed by atoms with Crippen LogP contribution in [0.25, 0.3) is 10.8 Å². The second kappa shape index (κ2) is 8.94. The Kier molecular flexibility index (Phi) is 6.36. The van der Waals surface area contributed by atoms with Gasteiger partial charge in [0.2, 0.25) is 11.8 Å². The minimum atomic E-state index is -1.05. The molecule has 2 N–H and O–H groups in total. The summed E-state index contributed by atoms with van der Waals surface area (Å²) in [7, 11) is 0. The van der Waals surface area contributed by atoms with Gasteiger partial charge in [-0.05, 0) is 25.0 Å². The van der Waals surface area contributed by atoms with E-state index < -0.39 is 12.6 Å². The van der Waals surface area contributed by atoms with Crippen molar-refractivity contribution < 1.29 is 24.2 Å². The predicted octanol–water partition coefficient (Wildman–Crippen LogP) is 3.14. The second-order valence-corrected chi connectivity index (χ2v) is 7.58. The molecule has 2 amide bonds. The number of anilines is 1. The Morgan fingerprint density at radius 1 is 1.10 bits per heavy atom. The molecular formula is C22H26N2O5. The van der Waals surface area contributed by atoms with Crippen LogP contribution in [0.1, 0.15) is 26.7 Å². The van der Waals surface area contributed by atoms with E-state index in [1.165, 1.54) is 0 Å². The molecule has 1 aliphatic heterocycles. The van der Waals surface area contributed by atoms with Crippen LogP contribution in [0.15, 0.2) is 36.4 Å². The maximum atomic E-state index is 12.8. The molecule has 1 fully saturated rings. The molecule has 3 rings (SSSR count). The molecule has 0 aromatic heterocycles. The molecule has 154 valence electrons. The number of benzene rings is 2. The van der Waals surface area contributed by atoms with Crippen LogP contribution in [0.3, 0.4) is 0 Å². The van der Waals surface area contributed by atoms with Crippen LogP contribution in [-0.4, -0.2) is 47.5 Å². The van der Waals surface area contributed by atoms with Crippen LogP contribution in [-0.2, 0) is 14.4 Å². The van der Waals surface area contributed by atoms with Crippen molar-refractivity contribution in [3.8, 4) is 5.75 Å². The average Bonchev–Trinajstić information content (AvgIpc) is 2.72. The number of piperidine rings is 1. The summed E-state index contributed by atoms with van der Waals surface area (Å²) in [5, 5.41) is 13.4. The number of carboxylic acid groups (broad SMARTS) is 1. The lowest BCUT2D eigenvalue weighted by atomic mass is 9.94. The summed E-state index contributed by atoms with van der Waals surface area (Å²) in [6, 6.07) is 10.8. The van der Waals surface area contributed by atoms with Gasteiger partial charge in [0.05, 0.1) is 0 Å². The molecule has 0 spiro atoms. The van der Waals surface area contributed by atoms with Crippen molar-refractivity contribution in [3.63, 3.8) is 0 Å². The monoisotopic (exact) mass is 398 g/mol. The number of likely N-dealkylation sites (tertiary alicyclic amines) is 1. The Morgan fingerprint density at radius 2 is 1.76 bits per heavy atom. The van der Waals surface area contributed by atoms with Crippen LogP contribution < -0.4 is 10.1 Å². The van der Waals surface area contributed by atoms with Gasteiger partial charge in [-0.2, -0.15) is 0 Å². The van der Waals surface area contributed by atoms with E-state index in [1.807, 2.05) is 43.0 Å². The molecule has 0 bridgehead atoms. The SMILES string of the molecule is CC(C)C(=O)N1CCC(C(=O)Nc2ccc(OCC(=O)O)c3ccccc23)CC1. The highest BCUT2D eigenvalue weighted by atomic mass is 16.5. The summed E-state index contributed by atoms with van der Waals surface area (Å²) < 4.78 is 5.36. The topological polar surface area (TPSA) is 95.9 Å². The number of hydrogen-bond donors (Lipinski definition) is 2. The van der Waals surface area contributed by atoms with Crippen molar-refractivity contribution >= 4 is 34.2 Å². The van der Waals surface area contributed by atoms with Crippen molar-refractivity contribution in [1.29, 1.82) is 0 Å². The molecule has 0 saturated carbocycles. The molecule has 1 aliphatic rings. The number of fused-ring (bicyclic) bond motifs is 1. The molecule has 0 radical (unpaired) electrons. The van der Waals surface area contributed by atoms with Crippen LogP contribution in [0, 0.1) is 11.8 Å². The fourth-order valence-corrected chi connectivity index (χ4v) is 3.61. The van der Waals surface area contributed by atoms with E-state index in [-0.39, 0.29) is 23.7 Å². The van der Waals surface area contributed by atoms with Crippen molar-refractivity contribution in [2.45, 2.75) is 26.7 Å². The van der Waals surface area contributed by atoms with Gasteiger partial charge in [-0.3, -0.25) is 9.59 Å². The molecule has 7 nitrogen and oxygen atoms in total. The van der Waals surface area contributed by atoms with Crippen molar-refractivity contribution in [3.05, 3.63) is 36.4 Å². The van der Waals surface area contributed by atoms with Crippen molar-refractivity contribution in [2.24, 2.45) is 11.8 Å². The largest absolute Gasteiger partial charge is 0.481 e. The fraction of sp³-hybridized carbons (Fsp3) is 0.409. The van der Waals surface area contributed by atoms with Crippen molar-refractivity contribution in [1.82, 2.24) is 4.90 Å². The lowest BCUT2D eigenvalue weighted by molar-refractivity contribution is -0.139. The Balaban J connectivity index is 1.70. The highest BCUT2D eigenvalue weighted by molar-refractivity contribution is 6.04. The molecule has 1 saturated heterocycles. The first-order valence-corrected chi connectivity index (χ1v) is 9.82. The molecule has 0 unspecified atom stereocenters. The zero-order valence-electron chi connectivity index (χ0n) is 16.7. The number of hydrogen-bond acceptors (Lipinski definition) is 4. The van der Waals surface area contributed by atoms with Gasteiger partial charge < -0.3 is 20.1 Å². The number of nitrogens with zero attached hydrogens (tertiary/aromatic N) is 1. The molecule has 29 heavy (non-hydrogen) atoms. The quantitative estimate of drug-likeness (QED) is 0.779. The third-order valence-electron chi connectivity index (χ3n) is 5.16. The Bertz CT molecular complexity index is 917. The van der Waals surface area contributed by atoms with Crippen LogP contribution in [0.2, 0.25) is 0 Å². The summed E-state index contributed by atoms with van der Waals surface area (Å²) in [6.07, 6.45) is 1.28. The summed E-state index contributed by atoms with van der Waals surface area (Å²) in [5.74, 6) is -0.699. The number of carbonyl (C=O) groups excluding carboxylic acids is 2. The van der Waals surface area contributed by atoms with E-state index >= 15 is 0 Å². The van der Waals surface area contributed by atoms with Crippen molar-refractivity contribution in [2.75, 3.05) is 25.0 Å². The molecular weight excluding hydrogens is 372 g/mol. The van der Waals surface area contributed by atoms with Crippen LogP contribution >= 0.6 is 0 Å². The lowest BCUT2D eigenvalue weighted by Crippen LogP contribution is -2.43. The maximum absolute atomic E-state index is 12.8. The number of carbonyl (C=O) groups is 3. The van der Waals surface area contributed by atoms with Gasteiger partial charge in [0.25, 0.3) is 0 Å². The number of carboxylic acids is 1. The minimum absolute atomic E-state index is 0.0337. The van der Waals surface area contributed by atoms with Gasteiger partial charge in [-0.1, -0.05) is 38.1 Å². The van der Waals surface area contributed by atoms with Gasteiger partial charge in [0, 0.05) is 41.4 Å².